The molecule has 0 saturated carbocycles. The monoisotopic (exact) mass is 782 g/mol. The molecule has 2 aromatic heterocycles. The summed E-state index contributed by atoms with van der Waals surface area (Å²) in [6.07, 6.45) is 0. The number of rotatable bonds is 4. The molecule has 282 valence electrons. The standard InChI is InChI=1S/C57H38N2S/c1-57(2)47-25-11-9-21-41(47)42-31-29-38(34-48(42)57)58(49-26-13-17-35-15-3-5-19-39(35)49)37-30-32-51-46(33-37)53-43-22-7-8-23-44(43)54-45-24-10-12-28-52(45)60-56(54)55(53)59(51)50-27-14-18-36-16-4-6-20-40(36)50/h3-34H,1-2H3. The highest BCUT2D eigenvalue weighted by Gasteiger charge is 2.36. The summed E-state index contributed by atoms with van der Waals surface area (Å²) in [6.45, 7) is 4.75. The lowest BCUT2D eigenvalue weighted by Gasteiger charge is -2.29. The fourth-order valence-electron chi connectivity index (χ4n) is 10.6. The predicted octanol–water partition coefficient (Wildman–Crippen LogP) is 16.4. The molecule has 0 saturated heterocycles. The largest absolute Gasteiger partial charge is 0.310 e. The maximum atomic E-state index is 2.57. The van der Waals surface area contributed by atoms with Crippen molar-refractivity contribution in [2.75, 3.05) is 4.90 Å². The number of anilines is 3. The van der Waals surface area contributed by atoms with Gasteiger partial charge in [-0.25, -0.2) is 0 Å². The summed E-state index contributed by atoms with van der Waals surface area (Å²) in [5.74, 6) is 0. The smallest absolute Gasteiger partial charge is 0.0726 e. The van der Waals surface area contributed by atoms with Crippen molar-refractivity contribution < 1.29 is 0 Å². The molecule has 3 heteroatoms. The molecule has 60 heavy (non-hydrogen) atoms. The van der Waals surface area contributed by atoms with Gasteiger partial charge in [0.1, 0.15) is 0 Å². The second-order valence-corrected chi connectivity index (χ2v) is 17.9. The molecule has 0 aliphatic heterocycles. The van der Waals surface area contributed by atoms with Gasteiger partial charge in [-0.05, 0) is 92.3 Å². The Bertz CT molecular complexity index is 3760. The van der Waals surface area contributed by atoms with Crippen LogP contribution in [0.3, 0.4) is 0 Å². The normalized spacial score (nSPS) is 13.3. The highest BCUT2D eigenvalue weighted by atomic mass is 32.1. The van der Waals surface area contributed by atoms with Crippen molar-refractivity contribution in [1.29, 1.82) is 0 Å². The van der Waals surface area contributed by atoms with E-state index in [0.29, 0.717) is 0 Å². The van der Waals surface area contributed by atoms with E-state index in [2.05, 4.69) is 217 Å². The first kappa shape index (κ1) is 33.7. The van der Waals surface area contributed by atoms with Gasteiger partial charge in [-0.3, -0.25) is 0 Å². The van der Waals surface area contributed by atoms with Crippen LogP contribution in [-0.4, -0.2) is 4.57 Å². The van der Waals surface area contributed by atoms with Crippen molar-refractivity contribution in [2.45, 2.75) is 19.3 Å². The molecule has 12 aromatic rings. The van der Waals surface area contributed by atoms with E-state index in [-0.39, 0.29) is 5.41 Å². The summed E-state index contributed by atoms with van der Waals surface area (Å²) >= 11 is 1.92. The van der Waals surface area contributed by atoms with Gasteiger partial charge in [0.25, 0.3) is 0 Å². The van der Waals surface area contributed by atoms with E-state index < -0.39 is 0 Å². The molecule has 0 unspecified atom stereocenters. The Labute approximate surface area is 351 Å². The van der Waals surface area contributed by atoms with Crippen LogP contribution < -0.4 is 4.90 Å². The second kappa shape index (κ2) is 12.4. The Balaban J connectivity index is 1.17. The molecule has 0 fully saturated rings. The van der Waals surface area contributed by atoms with Gasteiger partial charge >= 0.3 is 0 Å². The van der Waals surface area contributed by atoms with Gasteiger partial charge in [-0.1, -0.05) is 159 Å². The van der Waals surface area contributed by atoms with Crippen LogP contribution in [0.25, 0.3) is 91.1 Å². The van der Waals surface area contributed by atoms with Crippen molar-refractivity contribution in [3.05, 3.63) is 205 Å². The summed E-state index contributed by atoms with van der Waals surface area (Å²) in [6, 6.07) is 72.3. The van der Waals surface area contributed by atoms with Crippen molar-refractivity contribution in [2.24, 2.45) is 0 Å². The number of nitrogens with zero attached hydrogens (tertiary/aromatic N) is 2. The van der Waals surface area contributed by atoms with Crippen molar-refractivity contribution in [3.8, 4) is 16.8 Å². The van der Waals surface area contributed by atoms with E-state index in [0.717, 1.165) is 17.1 Å². The van der Waals surface area contributed by atoms with Gasteiger partial charge in [0.2, 0.25) is 0 Å². The Kier molecular flexibility index (Phi) is 6.98. The molecule has 1 aliphatic carbocycles. The fourth-order valence-corrected chi connectivity index (χ4v) is 11.9. The molecule has 2 nitrogen and oxygen atoms in total. The van der Waals surface area contributed by atoms with Crippen LogP contribution in [0.1, 0.15) is 25.0 Å². The summed E-state index contributed by atoms with van der Waals surface area (Å²) in [5, 5.41) is 12.7. The number of fused-ring (bicyclic) bond motifs is 15. The van der Waals surface area contributed by atoms with E-state index in [1.165, 1.54) is 102 Å². The molecule has 10 aromatic carbocycles. The summed E-state index contributed by atoms with van der Waals surface area (Å²) < 4.78 is 5.20. The van der Waals surface area contributed by atoms with Gasteiger partial charge in [-0.15, -0.1) is 11.3 Å². The minimum Gasteiger partial charge on any atom is -0.310 e. The van der Waals surface area contributed by atoms with Gasteiger partial charge in [-0.2, -0.15) is 0 Å². The minimum absolute atomic E-state index is 0.128. The molecule has 0 radical (unpaired) electrons. The molecule has 0 bridgehead atoms. The second-order valence-electron chi connectivity index (χ2n) is 16.8. The van der Waals surface area contributed by atoms with E-state index >= 15 is 0 Å². The maximum Gasteiger partial charge on any atom is 0.0726 e. The number of hydrogen-bond acceptors (Lipinski definition) is 2. The van der Waals surface area contributed by atoms with Crippen LogP contribution in [0.2, 0.25) is 0 Å². The lowest BCUT2D eigenvalue weighted by Crippen LogP contribution is -2.16. The summed E-state index contributed by atoms with van der Waals surface area (Å²) in [5.41, 5.74) is 12.4. The summed E-state index contributed by atoms with van der Waals surface area (Å²) in [4.78, 5) is 2.50. The van der Waals surface area contributed by atoms with Gasteiger partial charge < -0.3 is 9.47 Å². The Morgan fingerprint density at radius 3 is 1.88 bits per heavy atom. The molecule has 0 spiro atoms. The minimum atomic E-state index is -0.128. The zero-order valence-electron chi connectivity index (χ0n) is 33.3. The van der Waals surface area contributed by atoms with Crippen molar-refractivity contribution >= 4 is 103 Å². The van der Waals surface area contributed by atoms with Crippen LogP contribution in [-0.2, 0) is 5.41 Å². The quantitative estimate of drug-likeness (QED) is 0.173. The molecular weight excluding hydrogens is 745 g/mol. The van der Waals surface area contributed by atoms with Gasteiger partial charge in [0.15, 0.2) is 0 Å². The highest BCUT2D eigenvalue weighted by Crippen LogP contribution is 2.53. The third-order valence-electron chi connectivity index (χ3n) is 13.3. The Hall–Kier alpha value is -7.20. The van der Waals surface area contributed by atoms with Crippen LogP contribution in [0.15, 0.2) is 194 Å². The molecule has 13 rings (SSSR count). The topological polar surface area (TPSA) is 8.17 Å². The van der Waals surface area contributed by atoms with E-state index in [1.54, 1.807) is 0 Å². The zero-order valence-corrected chi connectivity index (χ0v) is 34.1. The van der Waals surface area contributed by atoms with E-state index in [4.69, 9.17) is 0 Å². The van der Waals surface area contributed by atoms with E-state index in [1.807, 2.05) is 11.3 Å². The highest BCUT2D eigenvalue weighted by molar-refractivity contribution is 7.27. The van der Waals surface area contributed by atoms with Crippen molar-refractivity contribution in [1.82, 2.24) is 4.57 Å². The molecule has 0 N–H and O–H groups in total. The predicted molar refractivity (Wildman–Crippen MR) is 258 cm³/mol. The van der Waals surface area contributed by atoms with E-state index in [9.17, 15) is 0 Å². The van der Waals surface area contributed by atoms with Gasteiger partial charge in [0.05, 0.1) is 27.1 Å². The van der Waals surface area contributed by atoms with Crippen LogP contribution in [0.5, 0.6) is 0 Å². The number of hydrogen-bond donors (Lipinski definition) is 0. The molecule has 1 aliphatic rings. The first-order valence-corrected chi connectivity index (χ1v) is 21.7. The number of benzene rings is 10. The Morgan fingerprint density at radius 2 is 1.05 bits per heavy atom. The van der Waals surface area contributed by atoms with Gasteiger partial charge in [0, 0.05) is 53.8 Å². The third kappa shape index (κ3) is 4.58. The summed E-state index contributed by atoms with van der Waals surface area (Å²) in [7, 11) is 0. The first-order chi connectivity index (χ1) is 29.5. The average Bonchev–Trinajstić information content (AvgIpc) is 3.92. The lowest BCUT2D eigenvalue weighted by atomic mass is 9.82. The third-order valence-corrected chi connectivity index (χ3v) is 14.5. The number of thiophene rings is 1. The fraction of sp³-hybridized carbons (Fsp3) is 0.0526. The lowest BCUT2D eigenvalue weighted by molar-refractivity contribution is 0.660. The zero-order chi connectivity index (χ0) is 39.7. The maximum absolute atomic E-state index is 2.57. The SMILES string of the molecule is CC1(C)c2ccccc2-c2ccc(N(c3ccc4c(c3)c3c5ccccc5c5c6ccccc6sc5c3n4-c3cccc4ccccc34)c3cccc4ccccc34)cc21. The Morgan fingerprint density at radius 1 is 0.450 bits per heavy atom. The number of aromatic nitrogens is 1. The molecule has 2 heterocycles. The average molecular weight is 783 g/mol. The molecule has 0 amide bonds. The molecular formula is C57H38N2S. The first-order valence-electron chi connectivity index (χ1n) is 20.9. The van der Waals surface area contributed by atoms with Crippen LogP contribution >= 0.6 is 11.3 Å². The van der Waals surface area contributed by atoms with Crippen LogP contribution in [0.4, 0.5) is 17.1 Å². The van der Waals surface area contributed by atoms with Crippen molar-refractivity contribution in [3.63, 3.8) is 0 Å². The molecule has 0 atom stereocenters. The van der Waals surface area contributed by atoms with Crippen LogP contribution in [0, 0.1) is 0 Å².